The fourth-order valence-corrected chi connectivity index (χ4v) is 2.35. The summed E-state index contributed by atoms with van der Waals surface area (Å²) in [6.45, 7) is 9.25. The summed E-state index contributed by atoms with van der Waals surface area (Å²) >= 11 is 0. The first-order valence-corrected chi connectivity index (χ1v) is 7.78. The molecule has 0 saturated heterocycles. The van der Waals surface area contributed by atoms with Gasteiger partial charge < -0.3 is 14.2 Å². The summed E-state index contributed by atoms with van der Waals surface area (Å²) in [5.74, 6) is -2.66. The van der Waals surface area contributed by atoms with Crippen molar-refractivity contribution >= 4 is 18.2 Å². The highest BCUT2D eigenvalue weighted by molar-refractivity contribution is 5.99. The quantitative estimate of drug-likeness (QED) is 0.563. The Morgan fingerprint density at radius 3 is 1.64 bits per heavy atom. The average molecular weight is 365 g/mol. The van der Waals surface area contributed by atoms with Gasteiger partial charge in [0.25, 0.3) is 0 Å². The van der Waals surface area contributed by atoms with Crippen LogP contribution in [0.15, 0.2) is 0 Å². The lowest BCUT2D eigenvalue weighted by molar-refractivity contribution is -0.150. The lowest BCUT2D eigenvalue weighted by Crippen LogP contribution is -2.55. The van der Waals surface area contributed by atoms with E-state index in [4.69, 9.17) is 9.47 Å². The first-order valence-electron chi connectivity index (χ1n) is 7.78. The number of ether oxygens (including phenoxy) is 3. The van der Waals surface area contributed by atoms with Crippen LogP contribution in [0.4, 0.5) is 18.4 Å². The second-order valence-electron chi connectivity index (χ2n) is 7.86. The number of amides is 2. The summed E-state index contributed by atoms with van der Waals surface area (Å²) in [7, 11) is 0.993. The summed E-state index contributed by atoms with van der Waals surface area (Å²) in [6, 6.07) is 0. The molecule has 144 valence electrons. The number of hydrogen-bond donors (Lipinski definition) is 0. The Morgan fingerprint density at radius 1 is 1.00 bits per heavy atom. The molecule has 1 aliphatic carbocycles. The van der Waals surface area contributed by atoms with E-state index in [-0.39, 0.29) is 0 Å². The molecule has 7 nitrogen and oxygen atoms in total. The van der Waals surface area contributed by atoms with Crippen LogP contribution in [-0.4, -0.2) is 53.3 Å². The second kappa shape index (κ2) is 6.76. The van der Waals surface area contributed by atoms with Crippen molar-refractivity contribution in [1.82, 2.24) is 4.90 Å². The lowest BCUT2D eigenvalue weighted by Gasteiger charge is -2.33. The maximum absolute atomic E-state index is 13.2. The van der Waals surface area contributed by atoms with Crippen molar-refractivity contribution in [3.8, 4) is 0 Å². The van der Waals surface area contributed by atoms with Gasteiger partial charge in [-0.1, -0.05) is 0 Å². The fraction of sp³-hybridized carbons (Fsp3) is 0.812. The van der Waals surface area contributed by atoms with Gasteiger partial charge in [-0.25, -0.2) is 23.2 Å². The molecule has 0 bridgehead atoms. The highest BCUT2D eigenvalue weighted by atomic mass is 19.3. The van der Waals surface area contributed by atoms with Gasteiger partial charge >= 0.3 is 18.2 Å². The zero-order valence-electron chi connectivity index (χ0n) is 15.5. The third-order valence-corrected chi connectivity index (χ3v) is 3.38. The number of hydrogen-bond acceptors (Lipinski definition) is 6. The summed E-state index contributed by atoms with van der Waals surface area (Å²) < 4.78 is 41.3. The third kappa shape index (κ3) is 4.79. The van der Waals surface area contributed by atoms with Crippen LogP contribution in [0.1, 0.15) is 48.0 Å². The minimum Gasteiger partial charge on any atom is -0.467 e. The summed E-state index contributed by atoms with van der Waals surface area (Å²) in [6.07, 6.45) is -5.83. The normalized spacial score (nSPS) is 23.0. The number of carbonyl (C=O) groups excluding carboxylic acids is 3. The molecule has 0 unspecified atom stereocenters. The monoisotopic (exact) mass is 365 g/mol. The van der Waals surface area contributed by atoms with Crippen LogP contribution >= 0.6 is 0 Å². The van der Waals surface area contributed by atoms with Crippen LogP contribution in [0.2, 0.25) is 0 Å². The number of imide groups is 1. The minimum absolute atomic E-state index is 0.326. The second-order valence-corrected chi connectivity index (χ2v) is 7.86. The molecule has 1 saturated carbocycles. The van der Waals surface area contributed by atoms with Crippen molar-refractivity contribution in [2.24, 2.45) is 5.92 Å². The van der Waals surface area contributed by atoms with Gasteiger partial charge in [0.05, 0.1) is 13.0 Å². The molecular formula is C16H25F2NO6. The van der Waals surface area contributed by atoms with E-state index in [0.717, 1.165) is 7.11 Å². The van der Waals surface area contributed by atoms with Gasteiger partial charge in [-0.2, -0.15) is 4.90 Å². The Kier molecular flexibility index (Phi) is 5.71. The molecule has 0 spiro atoms. The Labute approximate surface area is 145 Å². The van der Waals surface area contributed by atoms with E-state index in [2.05, 4.69) is 4.74 Å². The van der Waals surface area contributed by atoms with E-state index in [0.29, 0.717) is 4.90 Å². The van der Waals surface area contributed by atoms with Crippen LogP contribution in [-0.2, 0) is 19.0 Å². The number of alkyl halides is 2. The molecule has 0 aliphatic heterocycles. The zero-order chi connectivity index (χ0) is 19.8. The van der Waals surface area contributed by atoms with Gasteiger partial charge in [0.15, 0.2) is 5.54 Å². The first-order chi connectivity index (χ1) is 11.2. The molecule has 1 fully saturated rings. The predicted molar refractivity (Wildman–Crippen MR) is 83.2 cm³/mol. The molecule has 0 aromatic carbocycles. The Morgan fingerprint density at radius 2 is 1.40 bits per heavy atom. The van der Waals surface area contributed by atoms with Gasteiger partial charge in [-0.3, -0.25) is 0 Å². The Balaban J connectivity index is 3.31. The Hall–Kier alpha value is -1.93. The number of rotatable bonds is 3. The van der Waals surface area contributed by atoms with E-state index in [1.54, 1.807) is 41.5 Å². The van der Waals surface area contributed by atoms with Gasteiger partial charge in [0, 0.05) is 0 Å². The zero-order valence-corrected chi connectivity index (χ0v) is 15.5. The van der Waals surface area contributed by atoms with Crippen molar-refractivity contribution in [1.29, 1.82) is 0 Å². The van der Waals surface area contributed by atoms with Crippen LogP contribution < -0.4 is 0 Å². The van der Waals surface area contributed by atoms with E-state index >= 15 is 0 Å². The maximum atomic E-state index is 13.2. The molecule has 25 heavy (non-hydrogen) atoms. The SMILES string of the molecule is COC(=O)[C@@]1(N(C(=O)OC(C)(C)C)C(=O)OC(C)(C)C)C[C@H]1C(F)F. The molecule has 0 aromatic rings. The third-order valence-electron chi connectivity index (χ3n) is 3.38. The highest BCUT2D eigenvalue weighted by Crippen LogP contribution is 2.53. The van der Waals surface area contributed by atoms with Crippen molar-refractivity contribution < 1.29 is 37.4 Å². The van der Waals surface area contributed by atoms with Crippen LogP contribution in [0.3, 0.4) is 0 Å². The molecule has 2 amide bonds. The highest BCUT2D eigenvalue weighted by Gasteiger charge is 2.73. The molecule has 9 heteroatoms. The van der Waals surface area contributed by atoms with E-state index < -0.39 is 53.7 Å². The van der Waals surface area contributed by atoms with Crippen molar-refractivity contribution in [3.63, 3.8) is 0 Å². The van der Waals surface area contributed by atoms with Crippen molar-refractivity contribution in [2.75, 3.05) is 7.11 Å². The number of methoxy groups -OCH3 is 1. The van der Waals surface area contributed by atoms with Gasteiger partial charge in [-0.15, -0.1) is 0 Å². The van der Waals surface area contributed by atoms with E-state index in [1.165, 1.54) is 0 Å². The number of nitrogens with zero attached hydrogens (tertiary/aromatic N) is 1. The first kappa shape index (κ1) is 21.1. The number of esters is 1. The summed E-state index contributed by atoms with van der Waals surface area (Å²) in [5.41, 5.74) is -4.15. The van der Waals surface area contributed by atoms with Crippen molar-refractivity contribution in [3.05, 3.63) is 0 Å². The van der Waals surface area contributed by atoms with E-state index in [1.807, 2.05) is 0 Å². The smallest absolute Gasteiger partial charge is 0.420 e. The minimum atomic E-state index is -2.92. The van der Waals surface area contributed by atoms with Crippen molar-refractivity contribution in [2.45, 2.75) is 71.1 Å². The number of halogens is 2. The Bertz CT molecular complexity index is 524. The molecule has 0 heterocycles. The standard InChI is InChI=1S/C16H25F2NO6/c1-14(2,3)24-12(21)19(13(22)25-15(4,5)6)16(11(20)23-7)8-9(16)10(17)18/h9-10H,8H2,1-7H3/t9-,16+/m0/s1. The molecule has 0 N–H and O–H groups in total. The van der Waals surface area contributed by atoms with Gasteiger partial charge in [-0.05, 0) is 48.0 Å². The van der Waals surface area contributed by atoms with E-state index in [9.17, 15) is 23.2 Å². The predicted octanol–water partition coefficient (Wildman–Crippen LogP) is 3.36. The van der Waals surface area contributed by atoms with Crippen LogP contribution in [0, 0.1) is 5.92 Å². The molecule has 0 radical (unpaired) electrons. The molecule has 2 atom stereocenters. The summed E-state index contributed by atoms with van der Waals surface area (Å²) in [5, 5.41) is 0. The van der Waals surface area contributed by atoms with Crippen LogP contribution in [0.5, 0.6) is 0 Å². The number of carbonyl (C=O) groups is 3. The topological polar surface area (TPSA) is 82.1 Å². The molecule has 0 aromatic heterocycles. The fourth-order valence-electron chi connectivity index (χ4n) is 2.35. The largest absolute Gasteiger partial charge is 0.467 e. The maximum Gasteiger partial charge on any atom is 0.420 e. The average Bonchev–Trinajstić information content (AvgIpc) is 3.10. The van der Waals surface area contributed by atoms with Gasteiger partial charge in [0.1, 0.15) is 11.2 Å². The lowest BCUT2D eigenvalue weighted by atomic mass is 10.1. The molecular weight excluding hydrogens is 340 g/mol. The molecule has 1 rings (SSSR count). The summed E-state index contributed by atoms with van der Waals surface area (Å²) in [4.78, 5) is 37.5. The molecule has 1 aliphatic rings. The van der Waals surface area contributed by atoms with Gasteiger partial charge in [0.2, 0.25) is 6.43 Å². The van der Waals surface area contributed by atoms with Crippen LogP contribution in [0.25, 0.3) is 0 Å².